The number of nitrogens with one attached hydrogen (secondary N) is 1. The number of hydrogen-bond donors (Lipinski definition) is 2. The summed E-state index contributed by atoms with van der Waals surface area (Å²) in [6.07, 6.45) is 1.83. The van der Waals surface area contributed by atoms with Crippen molar-refractivity contribution in [2.75, 3.05) is 39.9 Å². The highest BCUT2D eigenvalue weighted by molar-refractivity contribution is 5.81. The molecular formula is C15H30N2O3. The molecule has 0 aromatic rings. The Morgan fingerprint density at radius 3 is 2.80 bits per heavy atom. The number of aliphatic hydroxyl groups excluding tert-OH is 1. The molecule has 0 aromatic carbocycles. The van der Waals surface area contributed by atoms with Crippen LogP contribution < -0.4 is 5.32 Å². The molecule has 0 radical (unpaired) electrons. The van der Waals surface area contributed by atoms with Crippen LogP contribution in [0.2, 0.25) is 0 Å². The van der Waals surface area contributed by atoms with Gasteiger partial charge < -0.3 is 20.1 Å². The van der Waals surface area contributed by atoms with Crippen LogP contribution in [0.5, 0.6) is 0 Å². The SMILES string of the molecule is COC[C@@H](O)CN1CCC[C@@H](CNC(=O)C(C)(C)C)C1. The number of likely N-dealkylation sites (tertiary alicyclic amines) is 1. The van der Waals surface area contributed by atoms with Crippen molar-refractivity contribution in [3.05, 3.63) is 0 Å². The van der Waals surface area contributed by atoms with Gasteiger partial charge in [0.25, 0.3) is 0 Å². The molecule has 2 N–H and O–H groups in total. The molecule has 1 saturated heterocycles. The van der Waals surface area contributed by atoms with Crippen molar-refractivity contribution in [3.63, 3.8) is 0 Å². The standard InChI is InChI=1S/C15H30N2O3/c1-15(2,3)14(19)16-8-12-6-5-7-17(9-12)10-13(18)11-20-4/h12-13,18H,5-11H2,1-4H3,(H,16,19)/t12-,13-/m0/s1. The van der Waals surface area contributed by atoms with Crippen LogP contribution in [0.3, 0.4) is 0 Å². The lowest BCUT2D eigenvalue weighted by Crippen LogP contribution is -2.45. The van der Waals surface area contributed by atoms with E-state index < -0.39 is 6.10 Å². The fraction of sp³-hybridized carbons (Fsp3) is 0.933. The first-order valence-corrected chi connectivity index (χ1v) is 7.50. The fourth-order valence-electron chi connectivity index (χ4n) is 2.53. The third-order valence-corrected chi connectivity index (χ3v) is 3.66. The molecule has 2 atom stereocenters. The van der Waals surface area contributed by atoms with Crippen molar-refractivity contribution in [1.82, 2.24) is 10.2 Å². The van der Waals surface area contributed by atoms with Gasteiger partial charge in [-0.05, 0) is 25.3 Å². The smallest absolute Gasteiger partial charge is 0.225 e. The lowest BCUT2D eigenvalue weighted by atomic mass is 9.94. The molecule has 0 aromatic heterocycles. The summed E-state index contributed by atoms with van der Waals surface area (Å²) in [4.78, 5) is 14.1. The van der Waals surface area contributed by atoms with E-state index in [0.717, 1.165) is 32.5 Å². The number of piperidine rings is 1. The van der Waals surface area contributed by atoms with Crippen LogP contribution in [0.25, 0.3) is 0 Å². The van der Waals surface area contributed by atoms with Crippen molar-refractivity contribution in [2.24, 2.45) is 11.3 Å². The molecule has 0 saturated carbocycles. The minimum Gasteiger partial charge on any atom is -0.389 e. The van der Waals surface area contributed by atoms with E-state index in [0.29, 0.717) is 19.1 Å². The average molecular weight is 286 g/mol. The topological polar surface area (TPSA) is 61.8 Å². The molecule has 5 heteroatoms. The summed E-state index contributed by atoms with van der Waals surface area (Å²) in [6, 6.07) is 0. The molecule has 0 aliphatic carbocycles. The van der Waals surface area contributed by atoms with E-state index in [1.54, 1.807) is 7.11 Å². The van der Waals surface area contributed by atoms with Crippen LogP contribution in [0.15, 0.2) is 0 Å². The summed E-state index contributed by atoms with van der Waals surface area (Å²) >= 11 is 0. The first-order valence-electron chi connectivity index (χ1n) is 7.50. The molecule has 1 rings (SSSR count). The summed E-state index contributed by atoms with van der Waals surface area (Å²) in [7, 11) is 1.60. The maximum atomic E-state index is 11.9. The second-order valence-electron chi connectivity index (χ2n) is 6.84. The van der Waals surface area contributed by atoms with Crippen molar-refractivity contribution < 1.29 is 14.6 Å². The van der Waals surface area contributed by atoms with Gasteiger partial charge in [-0.15, -0.1) is 0 Å². The molecule has 118 valence electrons. The summed E-state index contributed by atoms with van der Waals surface area (Å²) in [5, 5.41) is 12.8. The van der Waals surface area contributed by atoms with Crippen LogP contribution >= 0.6 is 0 Å². The van der Waals surface area contributed by atoms with Gasteiger partial charge in [0.05, 0.1) is 12.7 Å². The predicted octanol–water partition coefficient (Wildman–Crippen LogP) is 0.868. The van der Waals surface area contributed by atoms with Gasteiger partial charge in [0.15, 0.2) is 0 Å². The first kappa shape index (κ1) is 17.4. The summed E-state index contributed by atoms with van der Waals surface area (Å²) < 4.78 is 4.95. The van der Waals surface area contributed by atoms with Crippen LogP contribution in [-0.4, -0.2) is 61.9 Å². The lowest BCUT2D eigenvalue weighted by molar-refractivity contribution is -0.128. The van der Waals surface area contributed by atoms with Gasteiger partial charge in [-0.25, -0.2) is 0 Å². The zero-order chi connectivity index (χ0) is 15.2. The van der Waals surface area contributed by atoms with E-state index in [1.807, 2.05) is 20.8 Å². The van der Waals surface area contributed by atoms with Crippen LogP contribution in [-0.2, 0) is 9.53 Å². The maximum Gasteiger partial charge on any atom is 0.225 e. The third-order valence-electron chi connectivity index (χ3n) is 3.66. The van der Waals surface area contributed by atoms with Gasteiger partial charge in [-0.2, -0.15) is 0 Å². The quantitative estimate of drug-likeness (QED) is 0.760. The molecule has 1 amide bonds. The van der Waals surface area contributed by atoms with E-state index in [9.17, 15) is 9.90 Å². The molecule has 5 nitrogen and oxygen atoms in total. The molecule has 1 fully saturated rings. The number of nitrogens with zero attached hydrogens (tertiary/aromatic N) is 1. The molecule has 1 aliphatic rings. The molecule has 20 heavy (non-hydrogen) atoms. The second-order valence-corrected chi connectivity index (χ2v) is 6.84. The first-order chi connectivity index (χ1) is 9.32. The minimum atomic E-state index is -0.428. The maximum absolute atomic E-state index is 11.9. The number of hydrogen-bond acceptors (Lipinski definition) is 4. The van der Waals surface area contributed by atoms with Crippen molar-refractivity contribution in [1.29, 1.82) is 0 Å². The second kappa shape index (κ2) is 7.96. The molecule has 0 bridgehead atoms. The Hall–Kier alpha value is -0.650. The van der Waals surface area contributed by atoms with E-state index in [4.69, 9.17) is 4.74 Å². The van der Waals surface area contributed by atoms with Gasteiger partial charge in [0, 0.05) is 32.2 Å². The van der Waals surface area contributed by atoms with Gasteiger partial charge in [0.2, 0.25) is 5.91 Å². The summed E-state index contributed by atoms with van der Waals surface area (Å²) in [5.41, 5.74) is -0.330. The van der Waals surface area contributed by atoms with Gasteiger partial charge >= 0.3 is 0 Å². The van der Waals surface area contributed by atoms with Crippen LogP contribution in [0.1, 0.15) is 33.6 Å². The highest BCUT2D eigenvalue weighted by Crippen LogP contribution is 2.17. The molecule has 1 heterocycles. The Bertz CT molecular complexity index is 302. The van der Waals surface area contributed by atoms with Gasteiger partial charge in [-0.3, -0.25) is 4.79 Å². The predicted molar refractivity (Wildman–Crippen MR) is 79.5 cm³/mol. The molecular weight excluding hydrogens is 256 g/mol. The number of aliphatic hydroxyl groups is 1. The molecule has 0 unspecified atom stereocenters. The normalized spacial score (nSPS) is 22.6. The minimum absolute atomic E-state index is 0.106. The van der Waals surface area contributed by atoms with Gasteiger partial charge in [-0.1, -0.05) is 20.8 Å². The lowest BCUT2D eigenvalue weighted by Gasteiger charge is -2.34. The third kappa shape index (κ3) is 6.20. The van der Waals surface area contributed by atoms with Crippen LogP contribution in [0.4, 0.5) is 0 Å². The van der Waals surface area contributed by atoms with E-state index in [-0.39, 0.29) is 11.3 Å². The van der Waals surface area contributed by atoms with E-state index in [2.05, 4.69) is 10.2 Å². The van der Waals surface area contributed by atoms with E-state index in [1.165, 1.54) is 0 Å². The van der Waals surface area contributed by atoms with Crippen LogP contribution in [0, 0.1) is 11.3 Å². The zero-order valence-electron chi connectivity index (χ0n) is 13.3. The highest BCUT2D eigenvalue weighted by atomic mass is 16.5. The summed E-state index contributed by atoms with van der Waals surface area (Å²) in [6.45, 7) is 9.49. The Labute approximate surface area is 122 Å². The number of amides is 1. The molecule has 1 aliphatic heterocycles. The highest BCUT2D eigenvalue weighted by Gasteiger charge is 2.25. The van der Waals surface area contributed by atoms with E-state index >= 15 is 0 Å². The number of carbonyl (C=O) groups is 1. The van der Waals surface area contributed by atoms with Crippen molar-refractivity contribution in [2.45, 2.75) is 39.7 Å². The fourth-order valence-corrected chi connectivity index (χ4v) is 2.53. The molecule has 0 spiro atoms. The Morgan fingerprint density at radius 1 is 1.50 bits per heavy atom. The monoisotopic (exact) mass is 286 g/mol. The zero-order valence-corrected chi connectivity index (χ0v) is 13.3. The van der Waals surface area contributed by atoms with Crippen molar-refractivity contribution in [3.8, 4) is 0 Å². The number of β-amino-alcohol motifs (C(OH)–C–C–N with tert-alkyl or cyclic N) is 1. The number of ether oxygens (including phenoxy) is 1. The number of carbonyl (C=O) groups excluding carboxylic acids is 1. The average Bonchev–Trinajstić information content (AvgIpc) is 2.35. The number of methoxy groups -OCH3 is 1. The Balaban J connectivity index is 2.32. The van der Waals surface area contributed by atoms with Gasteiger partial charge in [0.1, 0.15) is 0 Å². The Kier molecular flexibility index (Phi) is 6.92. The Morgan fingerprint density at radius 2 is 2.20 bits per heavy atom. The van der Waals surface area contributed by atoms with Crippen molar-refractivity contribution >= 4 is 5.91 Å². The number of rotatable bonds is 6. The summed E-state index contributed by atoms with van der Waals surface area (Å²) in [5.74, 6) is 0.582. The largest absolute Gasteiger partial charge is 0.389 e.